The zero-order valence-corrected chi connectivity index (χ0v) is 11.4. The zero-order valence-electron chi connectivity index (χ0n) is 11.4. The van der Waals surface area contributed by atoms with Gasteiger partial charge in [0.15, 0.2) is 0 Å². The van der Waals surface area contributed by atoms with Gasteiger partial charge in [-0.25, -0.2) is 4.79 Å². The molecule has 1 fully saturated rings. The van der Waals surface area contributed by atoms with Crippen molar-refractivity contribution < 1.29 is 19.4 Å². The van der Waals surface area contributed by atoms with E-state index < -0.39 is 11.5 Å². The fourth-order valence-electron chi connectivity index (χ4n) is 2.49. The van der Waals surface area contributed by atoms with Crippen molar-refractivity contribution in [2.24, 2.45) is 5.92 Å². The summed E-state index contributed by atoms with van der Waals surface area (Å²) in [5.41, 5.74) is -1.09. The Balaban J connectivity index is 2.98. The Kier molecular flexibility index (Phi) is 5.14. The summed E-state index contributed by atoms with van der Waals surface area (Å²) in [6.07, 6.45) is 2.05. The van der Waals surface area contributed by atoms with Gasteiger partial charge < -0.3 is 14.7 Å². The number of carbonyl (C=O) groups is 2. The molecule has 1 aliphatic heterocycles. The molecule has 0 aliphatic carbocycles. The molecule has 0 bridgehead atoms. The highest BCUT2D eigenvalue weighted by atomic mass is 16.5. The monoisotopic (exact) mass is 257 g/mol. The average molecular weight is 257 g/mol. The topological polar surface area (TPSA) is 66.8 Å². The van der Waals surface area contributed by atoms with Crippen LogP contribution in [-0.2, 0) is 14.3 Å². The normalized spacial score (nSPS) is 28.1. The number of carbonyl (C=O) groups excluding carboxylic acids is 1. The van der Waals surface area contributed by atoms with Crippen molar-refractivity contribution in [2.45, 2.75) is 51.7 Å². The molecule has 0 radical (unpaired) electrons. The standard InChI is InChI=1S/C13H23NO4/c1-4-6-14(9-15)13(12(16)17)5-7-18-11(8-13)10(2)3/h9-11H,4-8H2,1-3H3,(H,16,17). The highest BCUT2D eigenvalue weighted by Crippen LogP contribution is 2.33. The minimum Gasteiger partial charge on any atom is -0.479 e. The van der Waals surface area contributed by atoms with Crippen molar-refractivity contribution in [1.29, 1.82) is 0 Å². The molecule has 1 saturated heterocycles. The van der Waals surface area contributed by atoms with E-state index in [2.05, 4.69) is 0 Å². The van der Waals surface area contributed by atoms with Gasteiger partial charge in [0, 0.05) is 26.0 Å². The van der Waals surface area contributed by atoms with Gasteiger partial charge in [-0.2, -0.15) is 0 Å². The van der Waals surface area contributed by atoms with E-state index in [9.17, 15) is 14.7 Å². The fourth-order valence-corrected chi connectivity index (χ4v) is 2.49. The molecule has 0 aromatic heterocycles. The number of amides is 1. The maximum atomic E-state index is 11.7. The van der Waals surface area contributed by atoms with Gasteiger partial charge in [-0.3, -0.25) is 4.79 Å². The maximum Gasteiger partial charge on any atom is 0.329 e. The molecule has 0 aromatic rings. The maximum absolute atomic E-state index is 11.7. The fraction of sp³-hybridized carbons (Fsp3) is 0.846. The molecule has 0 aromatic carbocycles. The van der Waals surface area contributed by atoms with E-state index in [4.69, 9.17) is 4.74 Å². The molecule has 0 saturated carbocycles. The lowest BCUT2D eigenvalue weighted by Gasteiger charge is -2.44. The first-order valence-electron chi connectivity index (χ1n) is 6.55. The van der Waals surface area contributed by atoms with E-state index in [0.717, 1.165) is 6.42 Å². The summed E-state index contributed by atoms with van der Waals surface area (Å²) < 4.78 is 5.61. The van der Waals surface area contributed by atoms with Gasteiger partial charge >= 0.3 is 5.97 Å². The third-order valence-electron chi connectivity index (χ3n) is 3.67. The van der Waals surface area contributed by atoms with Gasteiger partial charge in [-0.15, -0.1) is 0 Å². The van der Waals surface area contributed by atoms with Crippen LogP contribution in [0.2, 0.25) is 0 Å². The largest absolute Gasteiger partial charge is 0.479 e. The molecular formula is C13H23NO4. The van der Waals surface area contributed by atoms with Crippen molar-refractivity contribution in [1.82, 2.24) is 4.90 Å². The summed E-state index contributed by atoms with van der Waals surface area (Å²) >= 11 is 0. The number of carboxylic acids is 1. The summed E-state index contributed by atoms with van der Waals surface area (Å²) in [4.78, 5) is 24.3. The molecule has 2 unspecified atom stereocenters. The number of rotatable bonds is 6. The summed E-state index contributed by atoms with van der Waals surface area (Å²) in [7, 11) is 0. The minimum absolute atomic E-state index is 0.103. The highest BCUT2D eigenvalue weighted by molar-refractivity contribution is 5.81. The minimum atomic E-state index is -1.09. The number of aliphatic carboxylic acids is 1. The number of nitrogens with zero attached hydrogens (tertiary/aromatic N) is 1. The van der Waals surface area contributed by atoms with Crippen LogP contribution < -0.4 is 0 Å². The summed E-state index contributed by atoms with van der Waals surface area (Å²) in [5, 5.41) is 9.56. The summed E-state index contributed by atoms with van der Waals surface area (Å²) in [6.45, 7) is 6.82. The summed E-state index contributed by atoms with van der Waals surface area (Å²) in [6, 6.07) is 0. The summed E-state index contributed by atoms with van der Waals surface area (Å²) in [5.74, 6) is -0.670. The van der Waals surface area contributed by atoms with Crippen LogP contribution in [-0.4, -0.2) is 47.2 Å². The van der Waals surface area contributed by atoms with E-state index in [-0.39, 0.29) is 12.0 Å². The second-order valence-corrected chi connectivity index (χ2v) is 5.24. The quantitative estimate of drug-likeness (QED) is 0.732. The van der Waals surface area contributed by atoms with Gasteiger partial charge in [0.05, 0.1) is 6.10 Å². The zero-order chi connectivity index (χ0) is 13.8. The first kappa shape index (κ1) is 15.0. The predicted molar refractivity (Wildman–Crippen MR) is 67.2 cm³/mol. The molecule has 1 heterocycles. The highest BCUT2D eigenvalue weighted by Gasteiger charge is 2.48. The molecule has 1 aliphatic rings. The Bertz CT molecular complexity index is 305. The van der Waals surface area contributed by atoms with Crippen LogP contribution >= 0.6 is 0 Å². The van der Waals surface area contributed by atoms with Crippen molar-refractivity contribution in [3.63, 3.8) is 0 Å². The number of hydrogen-bond acceptors (Lipinski definition) is 3. The molecule has 0 spiro atoms. The van der Waals surface area contributed by atoms with Crippen LogP contribution in [0.25, 0.3) is 0 Å². The van der Waals surface area contributed by atoms with Gasteiger partial charge in [0.1, 0.15) is 5.54 Å². The predicted octanol–water partition coefficient (Wildman–Crippen LogP) is 1.51. The van der Waals surface area contributed by atoms with E-state index in [1.54, 1.807) is 0 Å². The SMILES string of the molecule is CCCN(C=O)C1(C(=O)O)CCOC(C(C)C)C1. The molecular weight excluding hydrogens is 234 g/mol. The molecule has 18 heavy (non-hydrogen) atoms. The van der Waals surface area contributed by atoms with Gasteiger partial charge in [0.25, 0.3) is 0 Å². The molecule has 5 nitrogen and oxygen atoms in total. The Morgan fingerprint density at radius 3 is 2.72 bits per heavy atom. The molecule has 1 rings (SSSR count). The van der Waals surface area contributed by atoms with E-state index in [1.807, 2.05) is 20.8 Å². The first-order valence-corrected chi connectivity index (χ1v) is 6.55. The second-order valence-electron chi connectivity index (χ2n) is 5.24. The molecule has 2 atom stereocenters. The molecule has 1 amide bonds. The third kappa shape index (κ3) is 2.83. The van der Waals surface area contributed by atoms with Crippen molar-refractivity contribution in [3.8, 4) is 0 Å². The van der Waals surface area contributed by atoms with Crippen LogP contribution in [0.1, 0.15) is 40.0 Å². The Morgan fingerprint density at radius 1 is 1.61 bits per heavy atom. The smallest absolute Gasteiger partial charge is 0.329 e. The van der Waals surface area contributed by atoms with Gasteiger partial charge in [-0.05, 0) is 12.3 Å². The second kappa shape index (κ2) is 6.18. The Morgan fingerprint density at radius 2 is 2.28 bits per heavy atom. The number of carboxylic acid groups (broad SMARTS) is 1. The Hall–Kier alpha value is -1.10. The van der Waals surface area contributed by atoms with Crippen LogP contribution in [0, 0.1) is 5.92 Å². The van der Waals surface area contributed by atoms with Crippen LogP contribution in [0.15, 0.2) is 0 Å². The van der Waals surface area contributed by atoms with Gasteiger partial charge in [-0.1, -0.05) is 20.8 Å². The number of hydrogen-bond donors (Lipinski definition) is 1. The lowest BCUT2D eigenvalue weighted by Crippen LogP contribution is -2.59. The molecule has 104 valence electrons. The van der Waals surface area contributed by atoms with Crippen molar-refractivity contribution >= 4 is 12.4 Å². The van der Waals surface area contributed by atoms with Gasteiger partial charge in [0.2, 0.25) is 6.41 Å². The van der Waals surface area contributed by atoms with Crippen molar-refractivity contribution in [3.05, 3.63) is 0 Å². The Labute approximate surface area is 108 Å². The van der Waals surface area contributed by atoms with E-state index in [1.165, 1.54) is 4.90 Å². The lowest BCUT2D eigenvalue weighted by atomic mass is 9.82. The lowest BCUT2D eigenvalue weighted by molar-refractivity contribution is -0.168. The first-order chi connectivity index (χ1) is 8.47. The molecule has 5 heteroatoms. The molecule has 1 N–H and O–H groups in total. The van der Waals surface area contributed by atoms with Crippen LogP contribution in [0.3, 0.4) is 0 Å². The number of ether oxygens (including phenoxy) is 1. The third-order valence-corrected chi connectivity index (χ3v) is 3.67. The average Bonchev–Trinajstić information content (AvgIpc) is 2.35. The van der Waals surface area contributed by atoms with Crippen LogP contribution in [0.5, 0.6) is 0 Å². The van der Waals surface area contributed by atoms with E-state index in [0.29, 0.717) is 32.4 Å². The van der Waals surface area contributed by atoms with Crippen LogP contribution in [0.4, 0.5) is 0 Å². The van der Waals surface area contributed by atoms with Crippen molar-refractivity contribution in [2.75, 3.05) is 13.2 Å². The van der Waals surface area contributed by atoms with E-state index >= 15 is 0 Å².